The summed E-state index contributed by atoms with van der Waals surface area (Å²) < 4.78 is 8.78. The molecule has 0 radical (unpaired) electrons. The summed E-state index contributed by atoms with van der Waals surface area (Å²) in [7, 11) is 1.81. The summed E-state index contributed by atoms with van der Waals surface area (Å²) in [5.41, 5.74) is 2.32. The van der Waals surface area contributed by atoms with Crippen LogP contribution in [0.5, 0.6) is 0 Å². The van der Waals surface area contributed by atoms with E-state index in [1.165, 1.54) is 25.0 Å². The summed E-state index contributed by atoms with van der Waals surface area (Å²) in [6.45, 7) is 4.17. The zero-order chi connectivity index (χ0) is 11.7. The molecular weight excluding hydrogens is 268 g/mol. The van der Waals surface area contributed by atoms with E-state index < -0.39 is 0 Å². The summed E-state index contributed by atoms with van der Waals surface area (Å²) >= 11 is 3.58. The lowest BCUT2D eigenvalue weighted by Crippen LogP contribution is -2.25. The van der Waals surface area contributed by atoms with Gasteiger partial charge >= 0.3 is 0 Å². The molecule has 0 saturated heterocycles. The Hall–Kier alpha value is -0.350. The molecule has 1 saturated carbocycles. The minimum atomic E-state index is 0.404. The van der Waals surface area contributed by atoms with Crippen LogP contribution in [0.15, 0.2) is 4.47 Å². The molecule has 2 rings (SSSR count). The van der Waals surface area contributed by atoms with E-state index in [-0.39, 0.29) is 0 Å². The summed E-state index contributed by atoms with van der Waals surface area (Å²) in [6, 6.07) is 0.503. The monoisotopic (exact) mass is 286 g/mol. The predicted molar refractivity (Wildman–Crippen MR) is 67.7 cm³/mol. The lowest BCUT2D eigenvalue weighted by Gasteiger charge is -2.29. The molecule has 0 aliphatic heterocycles. The first kappa shape index (κ1) is 12.1. The highest BCUT2D eigenvalue weighted by Crippen LogP contribution is 2.32. The van der Waals surface area contributed by atoms with Crippen LogP contribution in [0.1, 0.15) is 43.1 Å². The van der Waals surface area contributed by atoms with Gasteiger partial charge in [-0.15, -0.1) is 0 Å². The van der Waals surface area contributed by atoms with Gasteiger partial charge in [0.1, 0.15) is 0 Å². The number of methoxy groups -OCH3 is 1. The van der Waals surface area contributed by atoms with Crippen LogP contribution in [0.2, 0.25) is 0 Å². The van der Waals surface area contributed by atoms with Gasteiger partial charge in [0.2, 0.25) is 0 Å². The molecular formula is C12H19BrN2O. The third kappa shape index (κ3) is 2.18. The second-order valence-electron chi connectivity index (χ2n) is 4.61. The quantitative estimate of drug-likeness (QED) is 0.833. The van der Waals surface area contributed by atoms with Gasteiger partial charge in [0.05, 0.1) is 28.0 Å². The van der Waals surface area contributed by atoms with E-state index in [1.807, 2.05) is 14.0 Å². The molecule has 2 atom stereocenters. The van der Waals surface area contributed by atoms with Crippen LogP contribution in [0, 0.1) is 13.8 Å². The van der Waals surface area contributed by atoms with E-state index in [1.54, 1.807) is 0 Å². The van der Waals surface area contributed by atoms with Crippen molar-refractivity contribution in [1.29, 1.82) is 0 Å². The van der Waals surface area contributed by atoms with Crippen molar-refractivity contribution in [3.8, 4) is 0 Å². The Bertz CT molecular complexity index is 375. The molecule has 2 unspecified atom stereocenters. The number of hydrogen-bond donors (Lipinski definition) is 0. The maximum Gasteiger partial charge on any atom is 0.0738 e. The van der Waals surface area contributed by atoms with Crippen molar-refractivity contribution in [1.82, 2.24) is 9.78 Å². The Balaban J connectivity index is 2.20. The fourth-order valence-electron chi connectivity index (χ4n) is 2.55. The van der Waals surface area contributed by atoms with Crippen LogP contribution >= 0.6 is 15.9 Å². The minimum absolute atomic E-state index is 0.404. The molecule has 1 aliphatic carbocycles. The van der Waals surface area contributed by atoms with Gasteiger partial charge in [-0.25, -0.2) is 0 Å². The molecule has 1 aliphatic rings. The molecule has 90 valence electrons. The average molecular weight is 287 g/mol. The van der Waals surface area contributed by atoms with E-state index in [0.717, 1.165) is 16.6 Å². The first-order valence-electron chi connectivity index (χ1n) is 5.87. The highest BCUT2D eigenvalue weighted by atomic mass is 79.9. The van der Waals surface area contributed by atoms with Crippen molar-refractivity contribution in [3.05, 3.63) is 15.9 Å². The lowest BCUT2D eigenvalue weighted by molar-refractivity contribution is 0.0503. The van der Waals surface area contributed by atoms with Crippen LogP contribution in [0.25, 0.3) is 0 Å². The smallest absolute Gasteiger partial charge is 0.0738 e. The molecule has 3 nitrogen and oxygen atoms in total. The fraction of sp³-hybridized carbons (Fsp3) is 0.750. The first-order valence-corrected chi connectivity index (χ1v) is 6.66. The third-order valence-corrected chi connectivity index (χ3v) is 4.66. The fourth-order valence-corrected chi connectivity index (χ4v) is 2.82. The summed E-state index contributed by atoms with van der Waals surface area (Å²) in [6.07, 6.45) is 5.13. The topological polar surface area (TPSA) is 27.1 Å². The summed E-state index contributed by atoms with van der Waals surface area (Å²) in [5, 5.41) is 4.62. The van der Waals surface area contributed by atoms with Crippen molar-refractivity contribution in [3.63, 3.8) is 0 Å². The number of ether oxygens (including phenoxy) is 1. The normalized spacial score (nSPS) is 26.0. The largest absolute Gasteiger partial charge is 0.381 e. The third-order valence-electron chi connectivity index (χ3n) is 3.51. The van der Waals surface area contributed by atoms with E-state index in [9.17, 15) is 0 Å². The first-order chi connectivity index (χ1) is 7.63. The van der Waals surface area contributed by atoms with E-state index in [2.05, 4.69) is 32.6 Å². The minimum Gasteiger partial charge on any atom is -0.381 e. The Morgan fingerprint density at radius 3 is 2.69 bits per heavy atom. The van der Waals surface area contributed by atoms with Gasteiger partial charge in [-0.05, 0) is 55.5 Å². The molecule has 1 aromatic heterocycles. The molecule has 4 heteroatoms. The molecule has 1 heterocycles. The maximum atomic E-state index is 5.47. The number of aryl methyl sites for hydroxylation is 1. The van der Waals surface area contributed by atoms with Crippen LogP contribution in [-0.2, 0) is 4.74 Å². The molecule has 0 amide bonds. The van der Waals surface area contributed by atoms with Gasteiger partial charge in [0.15, 0.2) is 0 Å². The van der Waals surface area contributed by atoms with Gasteiger partial charge in [0.25, 0.3) is 0 Å². The van der Waals surface area contributed by atoms with Crippen molar-refractivity contribution in [2.45, 2.75) is 51.7 Å². The SMILES string of the molecule is COC1CCCC(n2nc(C)c(Br)c2C)C1. The van der Waals surface area contributed by atoms with Crippen molar-refractivity contribution >= 4 is 15.9 Å². The van der Waals surface area contributed by atoms with Crippen LogP contribution in [-0.4, -0.2) is 23.0 Å². The van der Waals surface area contributed by atoms with Gasteiger partial charge in [0, 0.05) is 7.11 Å². The molecule has 0 aromatic carbocycles. The zero-order valence-electron chi connectivity index (χ0n) is 10.2. The molecule has 0 bridgehead atoms. The molecule has 0 spiro atoms. The van der Waals surface area contributed by atoms with Crippen LogP contribution in [0.3, 0.4) is 0 Å². The highest BCUT2D eigenvalue weighted by molar-refractivity contribution is 9.10. The van der Waals surface area contributed by atoms with Gasteiger partial charge in [-0.1, -0.05) is 0 Å². The number of rotatable bonds is 2. The number of halogens is 1. The standard InChI is InChI=1S/C12H19BrN2O/c1-8-12(13)9(2)15(14-8)10-5-4-6-11(7-10)16-3/h10-11H,4-7H2,1-3H3. The van der Waals surface area contributed by atoms with Crippen molar-refractivity contribution in [2.75, 3.05) is 7.11 Å². The van der Waals surface area contributed by atoms with E-state index >= 15 is 0 Å². The van der Waals surface area contributed by atoms with Crippen LogP contribution < -0.4 is 0 Å². The summed E-state index contributed by atoms with van der Waals surface area (Å²) in [4.78, 5) is 0. The van der Waals surface area contributed by atoms with Crippen molar-refractivity contribution in [2.24, 2.45) is 0 Å². The van der Waals surface area contributed by atoms with E-state index in [4.69, 9.17) is 4.74 Å². The number of nitrogens with zero attached hydrogens (tertiary/aromatic N) is 2. The predicted octanol–water partition coefficient (Wildman–Crippen LogP) is 3.39. The second-order valence-corrected chi connectivity index (χ2v) is 5.40. The molecule has 16 heavy (non-hydrogen) atoms. The molecule has 1 aromatic rings. The van der Waals surface area contributed by atoms with Crippen molar-refractivity contribution < 1.29 is 4.74 Å². The molecule has 1 fully saturated rings. The Morgan fingerprint density at radius 2 is 2.12 bits per heavy atom. The average Bonchev–Trinajstić information content (AvgIpc) is 2.57. The maximum absolute atomic E-state index is 5.47. The van der Waals surface area contributed by atoms with Gasteiger partial charge < -0.3 is 4.74 Å². The second kappa shape index (κ2) is 4.88. The highest BCUT2D eigenvalue weighted by Gasteiger charge is 2.25. The number of hydrogen-bond acceptors (Lipinski definition) is 2. The Labute approximate surface area is 105 Å². The Morgan fingerprint density at radius 1 is 1.38 bits per heavy atom. The molecule has 0 N–H and O–H groups in total. The van der Waals surface area contributed by atoms with E-state index in [0.29, 0.717) is 12.1 Å². The number of aromatic nitrogens is 2. The van der Waals surface area contributed by atoms with Gasteiger partial charge in [-0.2, -0.15) is 5.10 Å². The lowest BCUT2D eigenvalue weighted by atomic mass is 9.93. The summed E-state index contributed by atoms with van der Waals surface area (Å²) in [5.74, 6) is 0. The Kier molecular flexibility index (Phi) is 3.70. The van der Waals surface area contributed by atoms with Crippen LogP contribution in [0.4, 0.5) is 0 Å². The van der Waals surface area contributed by atoms with Gasteiger partial charge in [-0.3, -0.25) is 4.68 Å². The zero-order valence-corrected chi connectivity index (χ0v) is 11.7.